The van der Waals surface area contributed by atoms with Gasteiger partial charge in [-0.2, -0.15) is 0 Å². The van der Waals surface area contributed by atoms with E-state index in [-0.39, 0.29) is 0 Å². The first kappa shape index (κ1) is 10.7. The van der Waals surface area contributed by atoms with Gasteiger partial charge in [-0.15, -0.1) is 0 Å². The summed E-state index contributed by atoms with van der Waals surface area (Å²) in [6, 6.07) is 8.57. The summed E-state index contributed by atoms with van der Waals surface area (Å²) in [5.41, 5.74) is 1.31. The topological polar surface area (TPSA) is 8.17 Å². The Labute approximate surface area is 98.6 Å². The highest BCUT2D eigenvalue weighted by molar-refractivity contribution is 9.10. The lowest BCUT2D eigenvalue weighted by Crippen LogP contribution is -2.17. The fourth-order valence-corrected chi connectivity index (χ4v) is 2.05. The molecule has 2 nitrogen and oxygen atoms in total. The number of hydrogen-bond donors (Lipinski definition) is 0. The lowest BCUT2D eigenvalue weighted by atomic mass is 10.2. The maximum atomic E-state index is 3.49. The molecule has 0 bridgehead atoms. The normalized spacial score (nSPS) is 11.5. The zero-order chi connectivity index (χ0) is 10.8. The molecule has 2 aromatic rings. The Morgan fingerprint density at radius 2 is 2.07 bits per heavy atom. The van der Waals surface area contributed by atoms with E-state index in [1.165, 1.54) is 10.9 Å². The van der Waals surface area contributed by atoms with E-state index in [1.54, 1.807) is 0 Å². The van der Waals surface area contributed by atoms with Gasteiger partial charge in [0.1, 0.15) is 0 Å². The first-order valence-corrected chi connectivity index (χ1v) is 5.85. The Balaban J connectivity index is 2.29. The summed E-state index contributed by atoms with van der Waals surface area (Å²) < 4.78 is 3.43. The fourth-order valence-electron chi connectivity index (χ4n) is 1.67. The van der Waals surface area contributed by atoms with Crippen molar-refractivity contribution in [3.63, 3.8) is 0 Å². The average Bonchev–Trinajstić information content (AvgIpc) is 2.57. The molecule has 0 saturated heterocycles. The summed E-state index contributed by atoms with van der Waals surface area (Å²) in [6.45, 7) is 2.11. The number of nitrogens with zero attached hydrogens (tertiary/aromatic N) is 2. The second kappa shape index (κ2) is 4.37. The number of halogens is 1. The lowest BCUT2D eigenvalue weighted by Gasteiger charge is -2.11. The minimum absolute atomic E-state index is 1.04. The smallest absolute Gasteiger partial charge is 0.0481 e. The van der Waals surface area contributed by atoms with Gasteiger partial charge in [0.2, 0.25) is 0 Å². The van der Waals surface area contributed by atoms with Crippen LogP contribution in [-0.4, -0.2) is 30.1 Å². The van der Waals surface area contributed by atoms with E-state index in [0.29, 0.717) is 0 Å². The van der Waals surface area contributed by atoms with Crippen LogP contribution in [0.2, 0.25) is 0 Å². The molecule has 0 fully saturated rings. The number of likely N-dealkylation sites (N-methyl/N-ethyl adjacent to an activating group) is 1. The molecule has 1 aromatic carbocycles. The summed E-state index contributed by atoms with van der Waals surface area (Å²) in [6.07, 6.45) is 2.15. The zero-order valence-electron chi connectivity index (χ0n) is 9.07. The standard InChI is InChI=1S/C12H15BrN2/c1-14(2)7-8-15-6-5-10-9-11(13)3-4-12(10)15/h3-6,9H,7-8H2,1-2H3. The first-order chi connectivity index (χ1) is 7.16. The van der Waals surface area contributed by atoms with E-state index in [0.717, 1.165) is 17.6 Å². The molecule has 0 N–H and O–H groups in total. The molecule has 0 amide bonds. The van der Waals surface area contributed by atoms with E-state index in [1.807, 2.05) is 0 Å². The first-order valence-electron chi connectivity index (χ1n) is 5.06. The molecular weight excluding hydrogens is 252 g/mol. The van der Waals surface area contributed by atoms with Gasteiger partial charge < -0.3 is 9.47 Å². The molecule has 0 radical (unpaired) electrons. The van der Waals surface area contributed by atoms with Crippen molar-refractivity contribution < 1.29 is 0 Å². The maximum Gasteiger partial charge on any atom is 0.0481 e. The van der Waals surface area contributed by atoms with Gasteiger partial charge >= 0.3 is 0 Å². The third kappa shape index (κ3) is 2.41. The van der Waals surface area contributed by atoms with Gasteiger partial charge in [0.15, 0.2) is 0 Å². The molecule has 0 atom stereocenters. The van der Waals surface area contributed by atoms with Crippen molar-refractivity contribution >= 4 is 26.8 Å². The predicted molar refractivity (Wildman–Crippen MR) is 68.2 cm³/mol. The largest absolute Gasteiger partial charge is 0.346 e. The molecule has 80 valence electrons. The Morgan fingerprint density at radius 3 is 2.80 bits per heavy atom. The van der Waals surface area contributed by atoms with Crippen LogP contribution in [0.3, 0.4) is 0 Å². The Hall–Kier alpha value is -0.800. The SMILES string of the molecule is CN(C)CCn1ccc2cc(Br)ccc21. The van der Waals surface area contributed by atoms with Crippen molar-refractivity contribution in [1.29, 1.82) is 0 Å². The van der Waals surface area contributed by atoms with Crippen LogP contribution in [0.15, 0.2) is 34.9 Å². The summed E-state index contributed by atoms with van der Waals surface area (Å²) >= 11 is 3.49. The van der Waals surface area contributed by atoms with Crippen LogP contribution in [0.4, 0.5) is 0 Å². The highest BCUT2D eigenvalue weighted by atomic mass is 79.9. The molecule has 0 spiro atoms. The van der Waals surface area contributed by atoms with Gasteiger partial charge in [-0.05, 0) is 38.4 Å². The van der Waals surface area contributed by atoms with Gasteiger partial charge in [0.05, 0.1) is 0 Å². The van der Waals surface area contributed by atoms with Crippen molar-refractivity contribution in [2.24, 2.45) is 0 Å². The van der Waals surface area contributed by atoms with Crippen LogP contribution in [0.1, 0.15) is 0 Å². The molecule has 0 aliphatic rings. The summed E-state index contributed by atoms with van der Waals surface area (Å²) in [7, 11) is 4.20. The van der Waals surface area contributed by atoms with Crippen LogP contribution < -0.4 is 0 Å². The summed E-state index contributed by atoms with van der Waals surface area (Å²) in [4.78, 5) is 2.20. The van der Waals surface area contributed by atoms with Crippen LogP contribution >= 0.6 is 15.9 Å². The Bertz CT molecular complexity index is 460. The monoisotopic (exact) mass is 266 g/mol. The number of rotatable bonds is 3. The van der Waals surface area contributed by atoms with Crippen molar-refractivity contribution in [3.05, 3.63) is 34.9 Å². The summed E-state index contributed by atoms with van der Waals surface area (Å²) in [5, 5.41) is 1.29. The van der Waals surface area contributed by atoms with Crippen molar-refractivity contribution in [1.82, 2.24) is 9.47 Å². The minimum Gasteiger partial charge on any atom is -0.346 e. The lowest BCUT2D eigenvalue weighted by molar-refractivity contribution is 0.387. The maximum absolute atomic E-state index is 3.49. The van der Waals surface area contributed by atoms with E-state index in [9.17, 15) is 0 Å². The number of hydrogen-bond acceptors (Lipinski definition) is 1. The molecule has 3 heteroatoms. The molecule has 0 aliphatic carbocycles. The van der Waals surface area contributed by atoms with Crippen molar-refractivity contribution in [3.8, 4) is 0 Å². The van der Waals surface area contributed by atoms with E-state index in [4.69, 9.17) is 0 Å². The van der Waals surface area contributed by atoms with Crippen LogP contribution in [0.5, 0.6) is 0 Å². The van der Waals surface area contributed by atoms with Crippen LogP contribution in [-0.2, 0) is 6.54 Å². The van der Waals surface area contributed by atoms with Gasteiger partial charge in [-0.3, -0.25) is 0 Å². The van der Waals surface area contributed by atoms with Gasteiger partial charge in [0, 0.05) is 34.7 Å². The molecule has 1 heterocycles. The molecule has 0 saturated carbocycles. The van der Waals surface area contributed by atoms with E-state index < -0.39 is 0 Å². The quantitative estimate of drug-likeness (QED) is 0.830. The van der Waals surface area contributed by atoms with Gasteiger partial charge in [-0.25, -0.2) is 0 Å². The number of fused-ring (bicyclic) bond motifs is 1. The number of benzene rings is 1. The Morgan fingerprint density at radius 1 is 1.27 bits per heavy atom. The molecule has 0 unspecified atom stereocenters. The summed E-state index contributed by atoms with van der Waals surface area (Å²) in [5.74, 6) is 0. The van der Waals surface area contributed by atoms with Crippen molar-refractivity contribution in [2.75, 3.05) is 20.6 Å². The minimum atomic E-state index is 1.04. The van der Waals surface area contributed by atoms with Crippen LogP contribution in [0, 0.1) is 0 Å². The molecule has 1 aromatic heterocycles. The van der Waals surface area contributed by atoms with Gasteiger partial charge in [-0.1, -0.05) is 15.9 Å². The Kier molecular flexibility index (Phi) is 3.12. The van der Waals surface area contributed by atoms with E-state index >= 15 is 0 Å². The second-order valence-corrected chi connectivity index (χ2v) is 4.93. The fraction of sp³-hybridized carbons (Fsp3) is 0.333. The molecule has 2 rings (SSSR count). The highest BCUT2D eigenvalue weighted by Gasteiger charge is 2.01. The predicted octanol–water partition coefficient (Wildman–Crippen LogP) is 2.97. The van der Waals surface area contributed by atoms with Gasteiger partial charge in [0.25, 0.3) is 0 Å². The zero-order valence-corrected chi connectivity index (χ0v) is 10.7. The molecule has 15 heavy (non-hydrogen) atoms. The number of aromatic nitrogens is 1. The van der Waals surface area contributed by atoms with Crippen molar-refractivity contribution in [2.45, 2.75) is 6.54 Å². The third-order valence-electron chi connectivity index (χ3n) is 2.52. The second-order valence-electron chi connectivity index (χ2n) is 4.02. The third-order valence-corrected chi connectivity index (χ3v) is 3.01. The van der Waals surface area contributed by atoms with E-state index in [2.05, 4.69) is 70.0 Å². The average molecular weight is 267 g/mol. The molecular formula is C12H15BrN2. The van der Waals surface area contributed by atoms with Crippen LogP contribution in [0.25, 0.3) is 10.9 Å². The highest BCUT2D eigenvalue weighted by Crippen LogP contribution is 2.20. The molecule has 0 aliphatic heterocycles.